The first-order valence-corrected chi connectivity index (χ1v) is 11.0. The van der Waals surface area contributed by atoms with Crippen LogP contribution in [0.3, 0.4) is 0 Å². The third kappa shape index (κ3) is 5.18. The second-order valence-electron chi connectivity index (χ2n) is 6.91. The van der Waals surface area contributed by atoms with Crippen LogP contribution >= 0.6 is 0 Å². The molecule has 2 N–H and O–H groups in total. The fourth-order valence-electron chi connectivity index (χ4n) is 3.81. The van der Waals surface area contributed by atoms with Crippen molar-refractivity contribution in [2.24, 2.45) is 5.92 Å². The smallest absolute Gasteiger partial charge is 0.293 e. The summed E-state index contributed by atoms with van der Waals surface area (Å²) in [4.78, 5) is 13.3. The van der Waals surface area contributed by atoms with Crippen molar-refractivity contribution in [3.8, 4) is 0 Å². The van der Waals surface area contributed by atoms with E-state index in [4.69, 9.17) is 0 Å². The number of hydrogen-bond donors (Lipinski definition) is 2. The van der Waals surface area contributed by atoms with E-state index >= 15 is 0 Å². The minimum Gasteiger partial charge on any atom is -0.378 e. The van der Waals surface area contributed by atoms with Crippen LogP contribution in [0.25, 0.3) is 0 Å². The molecule has 0 bridgehead atoms. The number of anilines is 1. The standard InChI is InChI=1S/C18H30N4O4S/c1-4-14(5-2)18(21-10-6-7-11-21)13-20-16-9-8-15(27(25,26)19-3)12-17(16)22(23)24/h8-9,12,14,18-20H,4-7,10-11,13H2,1-3H3. The number of sulfonamides is 1. The quantitative estimate of drug-likeness (QED) is 0.464. The molecule has 152 valence electrons. The average Bonchev–Trinajstić information content (AvgIpc) is 3.19. The third-order valence-corrected chi connectivity index (χ3v) is 6.86. The van der Waals surface area contributed by atoms with Crippen molar-refractivity contribution < 1.29 is 13.3 Å². The Hall–Kier alpha value is -1.71. The Bertz CT molecular complexity index is 742. The molecule has 2 rings (SSSR count). The highest BCUT2D eigenvalue weighted by Crippen LogP contribution is 2.29. The lowest BCUT2D eigenvalue weighted by atomic mass is 9.93. The van der Waals surface area contributed by atoms with Crippen LogP contribution in [0.1, 0.15) is 39.5 Å². The number of hydrogen-bond acceptors (Lipinski definition) is 6. The summed E-state index contributed by atoms with van der Waals surface area (Å²) in [6, 6.07) is 4.29. The summed E-state index contributed by atoms with van der Waals surface area (Å²) in [6.07, 6.45) is 4.49. The Balaban J connectivity index is 2.25. The van der Waals surface area contributed by atoms with Gasteiger partial charge in [0.15, 0.2) is 0 Å². The Morgan fingerprint density at radius 2 is 1.85 bits per heavy atom. The van der Waals surface area contributed by atoms with Gasteiger partial charge in [0.1, 0.15) is 5.69 Å². The molecule has 0 aromatic heterocycles. The summed E-state index contributed by atoms with van der Waals surface area (Å²) in [5, 5.41) is 14.7. The highest BCUT2D eigenvalue weighted by molar-refractivity contribution is 7.89. The maximum absolute atomic E-state index is 11.9. The molecule has 0 spiro atoms. The van der Waals surface area contributed by atoms with E-state index in [1.54, 1.807) is 0 Å². The SMILES string of the molecule is CCC(CC)C(CNc1ccc(S(=O)(=O)NC)cc1[N+](=O)[O-])N1CCCC1. The number of nitro benzene ring substituents is 1. The van der Waals surface area contributed by atoms with Gasteiger partial charge in [0.05, 0.1) is 9.82 Å². The minimum atomic E-state index is -3.73. The van der Waals surface area contributed by atoms with Crippen molar-refractivity contribution in [1.29, 1.82) is 0 Å². The van der Waals surface area contributed by atoms with Gasteiger partial charge in [0.2, 0.25) is 10.0 Å². The Kier molecular flexibility index (Phi) is 7.58. The fraction of sp³-hybridized carbons (Fsp3) is 0.667. The lowest BCUT2D eigenvalue weighted by molar-refractivity contribution is -0.384. The van der Waals surface area contributed by atoms with Gasteiger partial charge in [0, 0.05) is 18.7 Å². The molecule has 1 aliphatic heterocycles. The molecule has 1 heterocycles. The monoisotopic (exact) mass is 398 g/mol. The molecule has 1 saturated heterocycles. The van der Waals surface area contributed by atoms with Gasteiger partial charge in [-0.05, 0) is 51.0 Å². The third-order valence-electron chi connectivity index (χ3n) is 5.45. The van der Waals surface area contributed by atoms with Gasteiger partial charge >= 0.3 is 0 Å². The largest absolute Gasteiger partial charge is 0.378 e. The van der Waals surface area contributed by atoms with Crippen LogP contribution in [0.2, 0.25) is 0 Å². The molecular formula is C18H30N4O4S. The summed E-state index contributed by atoms with van der Waals surface area (Å²) in [5.41, 5.74) is 0.126. The highest BCUT2D eigenvalue weighted by Gasteiger charge is 2.28. The second kappa shape index (κ2) is 9.48. The molecule has 27 heavy (non-hydrogen) atoms. The van der Waals surface area contributed by atoms with Crippen molar-refractivity contribution >= 4 is 21.4 Å². The zero-order valence-corrected chi connectivity index (χ0v) is 17.1. The van der Waals surface area contributed by atoms with Crippen molar-refractivity contribution in [3.05, 3.63) is 28.3 Å². The van der Waals surface area contributed by atoms with Gasteiger partial charge in [-0.1, -0.05) is 26.7 Å². The van der Waals surface area contributed by atoms with E-state index in [1.807, 2.05) is 0 Å². The maximum atomic E-state index is 11.9. The van der Waals surface area contributed by atoms with Gasteiger partial charge in [0.25, 0.3) is 5.69 Å². The molecule has 1 unspecified atom stereocenters. The predicted molar refractivity (Wildman–Crippen MR) is 106 cm³/mol. The number of likely N-dealkylation sites (tertiary alicyclic amines) is 1. The van der Waals surface area contributed by atoms with E-state index in [0.717, 1.165) is 32.0 Å². The fourth-order valence-corrected chi connectivity index (χ4v) is 4.56. The molecular weight excluding hydrogens is 368 g/mol. The van der Waals surface area contributed by atoms with Crippen LogP contribution in [-0.2, 0) is 10.0 Å². The maximum Gasteiger partial charge on any atom is 0.293 e. The van der Waals surface area contributed by atoms with Gasteiger partial charge in [-0.3, -0.25) is 15.0 Å². The van der Waals surface area contributed by atoms with Crippen LogP contribution in [0.4, 0.5) is 11.4 Å². The molecule has 9 heteroatoms. The first-order chi connectivity index (χ1) is 12.8. The molecule has 0 saturated carbocycles. The molecule has 1 fully saturated rings. The number of benzene rings is 1. The van der Waals surface area contributed by atoms with E-state index < -0.39 is 14.9 Å². The average molecular weight is 399 g/mol. The molecule has 1 aliphatic rings. The van der Waals surface area contributed by atoms with Crippen molar-refractivity contribution in [2.75, 3.05) is 32.0 Å². The number of nitrogens with one attached hydrogen (secondary N) is 2. The minimum absolute atomic E-state index is 0.113. The van der Waals surface area contributed by atoms with Gasteiger partial charge in [-0.2, -0.15) is 0 Å². The summed E-state index contributed by atoms with van der Waals surface area (Å²) in [7, 11) is -2.45. The number of nitro groups is 1. The van der Waals surface area contributed by atoms with Gasteiger partial charge in [-0.15, -0.1) is 0 Å². The van der Waals surface area contributed by atoms with Gasteiger partial charge < -0.3 is 5.32 Å². The first-order valence-electron chi connectivity index (χ1n) is 9.53. The molecule has 0 aliphatic carbocycles. The topological polar surface area (TPSA) is 105 Å². The van der Waals surface area contributed by atoms with E-state index in [9.17, 15) is 18.5 Å². The second-order valence-corrected chi connectivity index (χ2v) is 8.80. The molecule has 1 atom stereocenters. The van der Waals surface area contributed by atoms with Crippen LogP contribution in [0.5, 0.6) is 0 Å². The van der Waals surface area contributed by atoms with E-state index in [-0.39, 0.29) is 10.6 Å². The lowest BCUT2D eigenvalue weighted by Crippen LogP contribution is -2.43. The Morgan fingerprint density at radius 1 is 1.22 bits per heavy atom. The Labute approximate surface area is 161 Å². The summed E-state index contributed by atoms with van der Waals surface area (Å²) < 4.78 is 26.0. The molecule has 8 nitrogen and oxygen atoms in total. The normalized spacial score (nSPS) is 16.6. The zero-order chi connectivity index (χ0) is 20.0. The number of nitrogens with zero attached hydrogens (tertiary/aromatic N) is 2. The van der Waals surface area contributed by atoms with E-state index in [2.05, 4.69) is 28.8 Å². The highest BCUT2D eigenvalue weighted by atomic mass is 32.2. The molecule has 0 amide bonds. The van der Waals surface area contributed by atoms with Crippen LogP contribution < -0.4 is 10.0 Å². The predicted octanol–water partition coefficient (Wildman–Crippen LogP) is 2.82. The van der Waals surface area contributed by atoms with E-state index in [1.165, 1.54) is 32.0 Å². The number of rotatable bonds is 10. The molecule has 1 aromatic rings. The molecule has 0 radical (unpaired) electrons. The van der Waals surface area contributed by atoms with Crippen molar-refractivity contribution in [3.63, 3.8) is 0 Å². The molecule has 1 aromatic carbocycles. The van der Waals surface area contributed by atoms with Crippen LogP contribution in [0, 0.1) is 16.0 Å². The Morgan fingerprint density at radius 3 is 2.37 bits per heavy atom. The van der Waals surface area contributed by atoms with E-state index in [0.29, 0.717) is 24.2 Å². The zero-order valence-electron chi connectivity index (χ0n) is 16.3. The first kappa shape index (κ1) is 21.6. The van der Waals surface area contributed by atoms with Gasteiger partial charge in [-0.25, -0.2) is 13.1 Å². The summed E-state index contributed by atoms with van der Waals surface area (Å²) in [5.74, 6) is 0.513. The summed E-state index contributed by atoms with van der Waals surface area (Å²) >= 11 is 0. The lowest BCUT2D eigenvalue weighted by Gasteiger charge is -2.34. The van der Waals surface area contributed by atoms with Crippen LogP contribution in [0.15, 0.2) is 23.1 Å². The van der Waals surface area contributed by atoms with Crippen LogP contribution in [-0.4, -0.2) is 51.0 Å². The van der Waals surface area contributed by atoms with Crippen molar-refractivity contribution in [2.45, 2.75) is 50.5 Å². The van der Waals surface area contributed by atoms with Crippen molar-refractivity contribution in [1.82, 2.24) is 9.62 Å². The summed E-state index contributed by atoms with van der Waals surface area (Å²) in [6.45, 7) is 7.08.